The minimum absolute atomic E-state index is 0.294. The molecule has 5 nitrogen and oxygen atoms in total. The van der Waals surface area contributed by atoms with Crippen molar-refractivity contribution in [3.05, 3.63) is 59.4 Å². The zero-order valence-corrected chi connectivity index (χ0v) is 13.3. The first-order chi connectivity index (χ1) is 10.6. The van der Waals surface area contributed by atoms with Gasteiger partial charge in [0.2, 0.25) is 0 Å². The Labute approximate surface area is 137 Å². The van der Waals surface area contributed by atoms with Crippen LogP contribution in [0.25, 0.3) is 0 Å². The fraction of sp³-hybridized carbons (Fsp3) is 0.133. The Morgan fingerprint density at radius 1 is 1.18 bits per heavy atom. The van der Waals surface area contributed by atoms with Gasteiger partial charge in [0.05, 0.1) is 10.8 Å². The minimum atomic E-state index is -0.412. The van der Waals surface area contributed by atoms with Gasteiger partial charge in [-0.05, 0) is 43.3 Å². The molecule has 0 saturated heterocycles. The molecule has 22 heavy (non-hydrogen) atoms. The molecular formula is C15H14ClN3O2S. The predicted molar refractivity (Wildman–Crippen MR) is 86.6 cm³/mol. The summed E-state index contributed by atoms with van der Waals surface area (Å²) in [6.45, 7) is 1.75. The van der Waals surface area contributed by atoms with Crippen molar-refractivity contribution in [2.24, 2.45) is 0 Å². The monoisotopic (exact) mass is 335 g/mol. The van der Waals surface area contributed by atoms with Gasteiger partial charge in [-0.1, -0.05) is 11.6 Å². The molecule has 1 atom stereocenters. The number of hydrogen-bond acceptors (Lipinski definition) is 4. The molecule has 1 aromatic carbocycles. The molecule has 0 spiro atoms. The van der Waals surface area contributed by atoms with E-state index in [9.17, 15) is 9.59 Å². The maximum atomic E-state index is 12.0. The topological polar surface area (TPSA) is 71.1 Å². The summed E-state index contributed by atoms with van der Waals surface area (Å²) < 4.78 is 0. The van der Waals surface area contributed by atoms with E-state index in [0.29, 0.717) is 10.6 Å². The minimum Gasteiger partial charge on any atom is -0.272 e. The molecule has 0 bridgehead atoms. The highest BCUT2D eigenvalue weighted by atomic mass is 35.5. The molecule has 2 N–H and O–H groups in total. The SMILES string of the molecule is C[C@H](Sc1ccc(Cl)cc1)C(=O)NNC(=O)c1cccnc1. The molecule has 2 aromatic rings. The molecule has 0 unspecified atom stereocenters. The number of hydrazine groups is 1. The maximum absolute atomic E-state index is 12.0. The lowest BCUT2D eigenvalue weighted by Gasteiger charge is -2.12. The standard InChI is InChI=1S/C15H14ClN3O2S/c1-10(22-13-6-4-12(16)5-7-13)14(20)18-19-15(21)11-3-2-8-17-9-11/h2-10H,1H3,(H,18,20)(H,19,21)/t10-/m0/s1. The zero-order chi connectivity index (χ0) is 15.9. The summed E-state index contributed by atoms with van der Waals surface area (Å²) in [5, 5.41) is 0.278. The summed E-state index contributed by atoms with van der Waals surface area (Å²) in [6.07, 6.45) is 2.99. The lowest BCUT2D eigenvalue weighted by molar-refractivity contribution is -0.121. The smallest absolute Gasteiger partial charge is 0.271 e. The molecule has 114 valence electrons. The average Bonchev–Trinajstić information content (AvgIpc) is 2.55. The zero-order valence-electron chi connectivity index (χ0n) is 11.7. The average molecular weight is 336 g/mol. The number of carbonyl (C=O) groups is 2. The van der Waals surface area contributed by atoms with Gasteiger partial charge >= 0.3 is 0 Å². The first-order valence-electron chi connectivity index (χ1n) is 6.48. The van der Waals surface area contributed by atoms with E-state index in [1.807, 2.05) is 12.1 Å². The third kappa shape index (κ3) is 4.75. The third-order valence-electron chi connectivity index (χ3n) is 2.72. The van der Waals surface area contributed by atoms with E-state index in [4.69, 9.17) is 11.6 Å². The van der Waals surface area contributed by atoms with E-state index in [1.165, 1.54) is 18.0 Å². The Morgan fingerprint density at radius 3 is 2.55 bits per heavy atom. The molecule has 0 radical (unpaired) electrons. The fourth-order valence-electron chi connectivity index (χ4n) is 1.56. The summed E-state index contributed by atoms with van der Waals surface area (Å²) in [7, 11) is 0. The predicted octanol–water partition coefficient (Wildman–Crippen LogP) is 2.68. The molecule has 0 fully saturated rings. The van der Waals surface area contributed by atoms with Crippen LogP contribution in [0.15, 0.2) is 53.7 Å². The van der Waals surface area contributed by atoms with E-state index >= 15 is 0 Å². The van der Waals surface area contributed by atoms with Crippen LogP contribution in [0.3, 0.4) is 0 Å². The molecule has 7 heteroatoms. The van der Waals surface area contributed by atoms with E-state index in [-0.39, 0.29) is 11.2 Å². The van der Waals surface area contributed by atoms with Crippen molar-refractivity contribution in [1.29, 1.82) is 0 Å². The number of nitrogens with one attached hydrogen (secondary N) is 2. The molecule has 0 aliphatic carbocycles. The highest BCUT2D eigenvalue weighted by Gasteiger charge is 2.15. The molecule has 2 amide bonds. The van der Waals surface area contributed by atoms with Crippen molar-refractivity contribution in [2.75, 3.05) is 0 Å². The summed E-state index contributed by atoms with van der Waals surface area (Å²) in [4.78, 5) is 28.5. The number of rotatable bonds is 4. The number of carbonyl (C=O) groups excluding carboxylic acids is 2. The van der Waals surface area contributed by atoms with Crippen LogP contribution >= 0.6 is 23.4 Å². The van der Waals surface area contributed by atoms with Gasteiger partial charge in [0.1, 0.15) is 0 Å². The Kier molecular flexibility index (Phi) is 5.80. The summed E-state index contributed by atoms with van der Waals surface area (Å²) in [5.74, 6) is -0.706. The number of amides is 2. The van der Waals surface area contributed by atoms with Gasteiger partial charge in [0.25, 0.3) is 11.8 Å². The fourth-order valence-corrected chi connectivity index (χ4v) is 2.55. The molecule has 0 saturated carbocycles. The van der Waals surface area contributed by atoms with Crippen molar-refractivity contribution in [3.8, 4) is 0 Å². The highest BCUT2D eigenvalue weighted by molar-refractivity contribution is 8.00. The Bertz CT molecular complexity index is 650. The lowest BCUT2D eigenvalue weighted by Crippen LogP contribution is -2.44. The van der Waals surface area contributed by atoms with Gasteiger partial charge in [-0.25, -0.2) is 0 Å². The van der Waals surface area contributed by atoms with Crippen LogP contribution in [0.4, 0.5) is 0 Å². The van der Waals surface area contributed by atoms with Crippen molar-refractivity contribution in [1.82, 2.24) is 15.8 Å². The Hall–Kier alpha value is -2.05. The number of pyridine rings is 1. The van der Waals surface area contributed by atoms with Crippen LogP contribution in [-0.4, -0.2) is 22.0 Å². The number of nitrogens with zero attached hydrogens (tertiary/aromatic N) is 1. The molecular weight excluding hydrogens is 322 g/mol. The number of aromatic nitrogens is 1. The largest absolute Gasteiger partial charge is 0.272 e. The van der Waals surface area contributed by atoms with Gasteiger partial charge in [0.15, 0.2) is 0 Å². The van der Waals surface area contributed by atoms with Crippen LogP contribution in [-0.2, 0) is 4.79 Å². The quantitative estimate of drug-likeness (QED) is 0.665. The van der Waals surface area contributed by atoms with E-state index < -0.39 is 5.91 Å². The molecule has 0 aliphatic rings. The van der Waals surface area contributed by atoms with E-state index in [2.05, 4.69) is 15.8 Å². The molecule has 1 heterocycles. The third-order valence-corrected chi connectivity index (χ3v) is 4.08. The molecule has 2 rings (SSSR count). The van der Waals surface area contributed by atoms with Gasteiger partial charge < -0.3 is 0 Å². The van der Waals surface area contributed by atoms with Gasteiger partial charge in [-0.15, -0.1) is 11.8 Å². The van der Waals surface area contributed by atoms with Crippen molar-refractivity contribution >= 4 is 35.2 Å². The van der Waals surface area contributed by atoms with Crippen molar-refractivity contribution in [3.63, 3.8) is 0 Å². The highest BCUT2D eigenvalue weighted by Crippen LogP contribution is 2.24. The van der Waals surface area contributed by atoms with Crippen LogP contribution in [0.2, 0.25) is 5.02 Å². The lowest BCUT2D eigenvalue weighted by atomic mass is 10.3. The van der Waals surface area contributed by atoms with Crippen LogP contribution < -0.4 is 10.9 Å². The normalized spacial score (nSPS) is 11.5. The summed E-state index contributed by atoms with van der Waals surface area (Å²) >= 11 is 7.19. The Balaban J connectivity index is 1.84. The summed E-state index contributed by atoms with van der Waals surface area (Å²) in [5.41, 5.74) is 5.14. The van der Waals surface area contributed by atoms with Gasteiger partial charge in [0, 0.05) is 22.3 Å². The van der Waals surface area contributed by atoms with Crippen LogP contribution in [0, 0.1) is 0 Å². The van der Waals surface area contributed by atoms with Gasteiger partial charge in [-0.2, -0.15) is 0 Å². The Morgan fingerprint density at radius 2 is 1.91 bits per heavy atom. The molecule has 0 aliphatic heterocycles. The number of hydrogen-bond donors (Lipinski definition) is 2. The first kappa shape index (κ1) is 16.3. The number of thioether (sulfide) groups is 1. The maximum Gasteiger partial charge on any atom is 0.271 e. The first-order valence-corrected chi connectivity index (χ1v) is 7.74. The molecule has 1 aromatic heterocycles. The second-order valence-electron chi connectivity index (χ2n) is 4.40. The van der Waals surface area contributed by atoms with Gasteiger partial charge in [-0.3, -0.25) is 25.4 Å². The second-order valence-corrected chi connectivity index (χ2v) is 6.25. The van der Waals surface area contributed by atoms with E-state index in [0.717, 1.165) is 4.90 Å². The van der Waals surface area contributed by atoms with Crippen LogP contribution in [0.1, 0.15) is 17.3 Å². The number of benzene rings is 1. The second kappa shape index (κ2) is 7.82. The van der Waals surface area contributed by atoms with Crippen LogP contribution in [0.5, 0.6) is 0 Å². The summed E-state index contributed by atoms with van der Waals surface area (Å²) in [6, 6.07) is 10.5. The van der Waals surface area contributed by atoms with E-state index in [1.54, 1.807) is 37.4 Å². The van der Waals surface area contributed by atoms with Crippen molar-refractivity contribution < 1.29 is 9.59 Å². The number of halogens is 1. The van der Waals surface area contributed by atoms with Crippen molar-refractivity contribution in [2.45, 2.75) is 17.1 Å².